The van der Waals surface area contributed by atoms with E-state index in [0.29, 0.717) is 4.32 Å². The van der Waals surface area contributed by atoms with Crippen LogP contribution in [0.4, 0.5) is 5.13 Å². The second-order valence-electron chi connectivity index (χ2n) is 2.42. The number of thiol groups is 1. The summed E-state index contributed by atoms with van der Waals surface area (Å²) in [7, 11) is 0. The van der Waals surface area contributed by atoms with Gasteiger partial charge in [-0.05, 0) is 12.1 Å². The number of aromatic nitrogens is 1. The molecule has 0 aliphatic rings. The SMILES string of the molecule is S=C(S)Nc1nc2ccccc2s1. The molecule has 0 aliphatic carbocycles. The van der Waals surface area contributed by atoms with Gasteiger partial charge in [0.05, 0.1) is 10.2 Å². The summed E-state index contributed by atoms with van der Waals surface area (Å²) in [6, 6.07) is 7.95. The van der Waals surface area contributed by atoms with E-state index in [1.165, 1.54) is 0 Å². The summed E-state index contributed by atoms with van der Waals surface area (Å²) in [6.07, 6.45) is 0. The average molecular weight is 226 g/mol. The van der Waals surface area contributed by atoms with Crippen molar-refractivity contribution >= 4 is 55.9 Å². The standard InChI is InChI=1S/C8H6N2S3/c11-8(12)10-7-9-5-3-1-2-4-6(5)13-7/h1-4H,(H2,9,10,11,12). The smallest absolute Gasteiger partial charge is 0.189 e. The lowest BCUT2D eigenvalue weighted by Crippen LogP contribution is -1.99. The number of thiazole rings is 1. The highest BCUT2D eigenvalue weighted by molar-refractivity contribution is 8.11. The van der Waals surface area contributed by atoms with Crippen LogP contribution in [-0.2, 0) is 0 Å². The lowest BCUT2D eigenvalue weighted by molar-refractivity contribution is 1.48. The Kier molecular flexibility index (Phi) is 2.48. The van der Waals surface area contributed by atoms with Gasteiger partial charge in [0, 0.05) is 0 Å². The Labute approximate surface area is 90.4 Å². The summed E-state index contributed by atoms with van der Waals surface area (Å²) in [5.74, 6) is 0. The molecule has 1 aromatic carbocycles. The van der Waals surface area contributed by atoms with Crippen molar-refractivity contribution in [2.75, 3.05) is 5.32 Å². The second-order valence-corrected chi connectivity index (χ2v) is 4.61. The lowest BCUT2D eigenvalue weighted by atomic mass is 10.3. The number of benzene rings is 1. The van der Waals surface area contributed by atoms with Crippen LogP contribution in [-0.4, -0.2) is 9.30 Å². The van der Waals surface area contributed by atoms with Gasteiger partial charge in [-0.2, -0.15) is 0 Å². The number of nitrogens with one attached hydrogen (secondary N) is 1. The van der Waals surface area contributed by atoms with Crippen LogP contribution in [0.3, 0.4) is 0 Å². The van der Waals surface area contributed by atoms with E-state index in [4.69, 9.17) is 12.2 Å². The van der Waals surface area contributed by atoms with E-state index in [-0.39, 0.29) is 0 Å². The Morgan fingerprint density at radius 1 is 1.46 bits per heavy atom. The predicted molar refractivity (Wildman–Crippen MR) is 64.8 cm³/mol. The van der Waals surface area contributed by atoms with Gasteiger partial charge in [0.1, 0.15) is 4.32 Å². The second kappa shape index (κ2) is 3.61. The van der Waals surface area contributed by atoms with Gasteiger partial charge < -0.3 is 5.32 Å². The fraction of sp³-hybridized carbons (Fsp3) is 0. The third-order valence-electron chi connectivity index (χ3n) is 1.51. The van der Waals surface area contributed by atoms with Gasteiger partial charge in [-0.1, -0.05) is 35.7 Å². The van der Waals surface area contributed by atoms with Gasteiger partial charge in [-0.3, -0.25) is 0 Å². The molecule has 1 aromatic heterocycles. The Morgan fingerprint density at radius 3 is 2.92 bits per heavy atom. The summed E-state index contributed by atoms with van der Waals surface area (Å²) < 4.78 is 1.59. The van der Waals surface area contributed by atoms with E-state index in [2.05, 4.69) is 22.9 Å². The van der Waals surface area contributed by atoms with Crippen LogP contribution in [0, 0.1) is 0 Å². The van der Waals surface area contributed by atoms with E-state index in [9.17, 15) is 0 Å². The maximum atomic E-state index is 4.80. The van der Waals surface area contributed by atoms with E-state index < -0.39 is 0 Å². The quantitative estimate of drug-likeness (QED) is 0.578. The Balaban J connectivity index is 2.44. The Hall–Kier alpha value is -0.650. The maximum absolute atomic E-state index is 4.80. The highest BCUT2D eigenvalue weighted by atomic mass is 32.1. The fourth-order valence-electron chi connectivity index (χ4n) is 1.02. The zero-order chi connectivity index (χ0) is 9.26. The normalized spacial score (nSPS) is 10.2. The molecule has 0 unspecified atom stereocenters. The zero-order valence-corrected chi connectivity index (χ0v) is 9.05. The molecule has 0 saturated heterocycles. The van der Waals surface area contributed by atoms with Gasteiger partial charge in [0.25, 0.3) is 0 Å². The molecule has 0 saturated carbocycles. The minimum Gasteiger partial charge on any atom is -0.317 e. The van der Waals surface area contributed by atoms with Crippen molar-refractivity contribution in [1.29, 1.82) is 0 Å². The van der Waals surface area contributed by atoms with E-state index in [1.54, 1.807) is 11.3 Å². The minimum absolute atomic E-state index is 0.444. The topological polar surface area (TPSA) is 24.9 Å². The van der Waals surface area contributed by atoms with Gasteiger partial charge in [0.2, 0.25) is 0 Å². The van der Waals surface area contributed by atoms with Crippen LogP contribution >= 0.6 is 36.2 Å². The number of fused-ring (bicyclic) bond motifs is 1. The maximum Gasteiger partial charge on any atom is 0.189 e. The molecule has 0 amide bonds. The molecule has 0 atom stereocenters. The van der Waals surface area contributed by atoms with Gasteiger partial charge in [-0.15, -0.1) is 12.6 Å². The fourth-order valence-corrected chi connectivity index (χ4v) is 2.23. The summed E-state index contributed by atoms with van der Waals surface area (Å²) in [6.45, 7) is 0. The van der Waals surface area contributed by atoms with Crippen molar-refractivity contribution in [3.8, 4) is 0 Å². The Morgan fingerprint density at radius 2 is 2.23 bits per heavy atom. The molecule has 2 aromatic rings. The zero-order valence-electron chi connectivity index (χ0n) is 6.52. The molecule has 2 nitrogen and oxygen atoms in total. The molecule has 13 heavy (non-hydrogen) atoms. The first-order valence-corrected chi connectivity index (χ1v) is 5.28. The minimum atomic E-state index is 0.444. The van der Waals surface area contributed by atoms with Crippen LogP contribution < -0.4 is 5.32 Å². The largest absolute Gasteiger partial charge is 0.317 e. The molecular formula is C8H6N2S3. The number of para-hydroxylation sites is 1. The third-order valence-corrected chi connectivity index (χ3v) is 2.67. The van der Waals surface area contributed by atoms with E-state index in [0.717, 1.165) is 15.3 Å². The monoisotopic (exact) mass is 226 g/mol. The number of thiocarbonyl (C=S) groups is 1. The highest BCUT2D eigenvalue weighted by Crippen LogP contribution is 2.25. The summed E-state index contributed by atoms with van der Waals surface area (Å²) in [5.41, 5.74) is 0.986. The molecule has 0 spiro atoms. The van der Waals surface area contributed by atoms with Crippen LogP contribution in [0.1, 0.15) is 0 Å². The highest BCUT2D eigenvalue weighted by Gasteiger charge is 2.01. The first kappa shape index (κ1) is 8.93. The summed E-state index contributed by atoms with van der Waals surface area (Å²) in [5, 5.41) is 3.69. The van der Waals surface area contributed by atoms with Crippen molar-refractivity contribution in [3.05, 3.63) is 24.3 Å². The third kappa shape index (κ3) is 1.99. The molecule has 0 radical (unpaired) electrons. The number of nitrogens with zero attached hydrogens (tertiary/aromatic N) is 1. The van der Waals surface area contributed by atoms with Crippen LogP contribution in [0.5, 0.6) is 0 Å². The van der Waals surface area contributed by atoms with Gasteiger partial charge in [-0.25, -0.2) is 4.98 Å². The molecule has 0 bridgehead atoms. The number of anilines is 1. The van der Waals surface area contributed by atoms with Crippen LogP contribution in [0.15, 0.2) is 24.3 Å². The first-order chi connectivity index (χ1) is 6.25. The van der Waals surface area contributed by atoms with Gasteiger partial charge >= 0.3 is 0 Å². The van der Waals surface area contributed by atoms with Crippen LogP contribution in [0.2, 0.25) is 0 Å². The van der Waals surface area contributed by atoms with Crippen molar-refractivity contribution in [2.24, 2.45) is 0 Å². The molecular weight excluding hydrogens is 220 g/mol. The van der Waals surface area contributed by atoms with Crippen molar-refractivity contribution in [2.45, 2.75) is 0 Å². The van der Waals surface area contributed by atoms with Crippen LogP contribution in [0.25, 0.3) is 10.2 Å². The molecule has 1 heterocycles. The number of hydrogen-bond acceptors (Lipinski definition) is 3. The Bertz CT molecular complexity index is 416. The number of rotatable bonds is 1. The van der Waals surface area contributed by atoms with Crippen molar-refractivity contribution < 1.29 is 0 Å². The molecule has 0 fully saturated rings. The van der Waals surface area contributed by atoms with E-state index >= 15 is 0 Å². The molecule has 5 heteroatoms. The summed E-state index contributed by atoms with van der Waals surface area (Å²) in [4.78, 5) is 4.32. The molecule has 0 aliphatic heterocycles. The molecule has 2 rings (SSSR count). The molecule has 66 valence electrons. The average Bonchev–Trinajstić information content (AvgIpc) is 2.44. The summed E-state index contributed by atoms with van der Waals surface area (Å²) >= 11 is 10.3. The predicted octanol–water partition coefficient (Wildman–Crippen LogP) is 2.92. The first-order valence-electron chi connectivity index (χ1n) is 3.61. The lowest BCUT2D eigenvalue weighted by Gasteiger charge is -1.93. The van der Waals surface area contributed by atoms with Crippen molar-refractivity contribution in [3.63, 3.8) is 0 Å². The number of hydrogen-bond donors (Lipinski definition) is 2. The molecule has 1 N–H and O–H groups in total. The van der Waals surface area contributed by atoms with Gasteiger partial charge in [0.15, 0.2) is 5.13 Å². The van der Waals surface area contributed by atoms with Crippen molar-refractivity contribution in [1.82, 2.24) is 4.98 Å². The van der Waals surface area contributed by atoms with E-state index in [1.807, 2.05) is 24.3 Å².